The van der Waals surface area contributed by atoms with E-state index in [1.54, 1.807) is 43.3 Å². The molecule has 10 heteroatoms. The third kappa shape index (κ3) is 4.94. The van der Waals surface area contributed by atoms with Crippen LogP contribution in [0.3, 0.4) is 0 Å². The molecule has 0 unspecified atom stereocenters. The first-order chi connectivity index (χ1) is 16.8. The molecule has 2 fully saturated rings. The number of amides is 4. The van der Waals surface area contributed by atoms with Gasteiger partial charge in [0, 0.05) is 18.8 Å². The van der Waals surface area contributed by atoms with Gasteiger partial charge in [0.25, 0.3) is 5.91 Å². The third-order valence-corrected chi connectivity index (χ3v) is 8.49. The smallest absolute Gasteiger partial charge is 0.324 e. The first-order valence-electron chi connectivity index (χ1n) is 11.9. The Morgan fingerprint density at radius 2 is 1.69 bits per heavy atom. The number of imide groups is 1. The molecule has 9 nitrogen and oxygen atoms in total. The van der Waals surface area contributed by atoms with Crippen LogP contribution >= 0.6 is 0 Å². The number of nitrogens with one attached hydrogen (secondary N) is 2. The predicted octanol–water partition coefficient (Wildman–Crippen LogP) is 3.05. The van der Waals surface area contributed by atoms with Crippen LogP contribution in [0.5, 0.6) is 0 Å². The minimum absolute atomic E-state index is 0.0984. The molecule has 2 N–H and O–H groups in total. The fraction of sp³-hybridized carbons (Fsp3) is 0.400. The maximum Gasteiger partial charge on any atom is 0.325 e. The van der Waals surface area contributed by atoms with Gasteiger partial charge in [0.1, 0.15) is 12.1 Å². The number of carbonyl (C=O) groups is 3. The average Bonchev–Trinajstić information content (AvgIpc) is 3.04. The van der Waals surface area contributed by atoms with Crippen molar-refractivity contribution < 1.29 is 22.8 Å². The Morgan fingerprint density at radius 3 is 2.34 bits per heavy atom. The summed E-state index contributed by atoms with van der Waals surface area (Å²) in [7, 11) is -3.68. The van der Waals surface area contributed by atoms with Crippen LogP contribution in [0.4, 0.5) is 10.5 Å². The fourth-order valence-corrected chi connectivity index (χ4v) is 6.20. The zero-order chi connectivity index (χ0) is 25.1. The number of anilines is 1. The van der Waals surface area contributed by atoms with Gasteiger partial charge in [-0.1, -0.05) is 56.2 Å². The Kier molecular flexibility index (Phi) is 7.23. The number of urea groups is 1. The SMILES string of the molecule is CC[C@@]1(c2ccccc2)NC(=O)N(CC(=O)Nc2cccc(S(=O)(=O)N3CCCCCC3)c2)C1=O. The van der Waals surface area contributed by atoms with Gasteiger partial charge in [-0.05, 0) is 43.0 Å². The molecule has 0 spiro atoms. The molecule has 35 heavy (non-hydrogen) atoms. The minimum atomic E-state index is -3.68. The Bertz CT molecular complexity index is 1210. The summed E-state index contributed by atoms with van der Waals surface area (Å²) in [5.74, 6) is -1.10. The molecule has 2 aromatic rings. The van der Waals surface area contributed by atoms with Crippen LogP contribution in [0.2, 0.25) is 0 Å². The summed E-state index contributed by atoms with van der Waals surface area (Å²) in [6.45, 7) is 2.27. The Balaban J connectivity index is 1.47. The van der Waals surface area contributed by atoms with Crippen LogP contribution in [0, 0.1) is 0 Å². The van der Waals surface area contributed by atoms with E-state index in [9.17, 15) is 22.8 Å². The maximum absolute atomic E-state index is 13.2. The van der Waals surface area contributed by atoms with Gasteiger partial charge >= 0.3 is 6.03 Å². The highest BCUT2D eigenvalue weighted by Gasteiger charge is 2.51. The second-order valence-electron chi connectivity index (χ2n) is 8.84. The number of hydrogen-bond acceptors (Lipinski definition) is 5. The van der Waals surface area contributed by atoms with Crippen LogP contribution in [0.1, 0.15) is 44.6 Å². The number of hydrogen-bond donors (Lipinski definition) is 2. The Labute approximate surface area is 205 Å². The summed E-state index contributed by atoms with van der Waals surface area (Å²) in [4.78, 5) is 39.6. The minimum Gasteiger partial charge on any atom is -0.324 e. The molecule has 0 saturated carbocycles. The number of nitrogens with zero attached hydrogens (tertiary/aromatic N) is 2. The van der Waals surface area contributed by atoms with Gasteiger partial charge in [-0.2, -0.15) is 4.31 Å². The van der Waals surface area contributed by atoms with Crippen molar-refractivity contribution in [2.45, 2.75) is 49.5 Å². The molecule has 1 atom stereocenters. The van der Waals surface area contributed by atoms with Gasteiger partial charge in [-0.3, -0.25) is 14.5 Å². The average molecular weight is 499 g/mol. The molecule has 2 aliphatic heterocycles. The fourth-order valence-electron chi connectivity index (χ4n) is 4.64. The molecule has 0 aliphatic carbocycles. The van der Waals surface area contributed by atoms with E-state index in [1.807, 2.05) is 6.07 Å². The highest BCUT2D eigenvalue weighted by Crippen LogP contribution is 2.32. The van der Waals surface area contributed by atoms with Crippen molar-refractivity contribution in [1.82, 2.24) is 14.5 Å². The van der Waals surface area contributed by atoms with Gasteiger partial charge in [0.15, 0.2) is 0 Å². The summed E-state index contributed by atoms with van der Waals surface area (Å²) in [5, 5.41) is 5.37. The van der Waals surface area contributed by atoms with Crippen LogP contribution in [0.25, 0.3) is 0 Å². The van der Waals surface area contributed by atoms with E-state index < -0.39 is 40.0 Å². The number of rotatable bonds is 7. The van der Waals surface area contributed by atoms with E-state index in [1.165, 1.54) is 16.4 Å². The van der Waals surface area contributed by atoms with Gasteiger partial charge < -0.3 is 10.6 Å². The van der Waals surface area contributed by atoms with Gasteiger partial charge in [-0.25, -0.2) is 13.2 Å². The first-order valence-corrected chi connectivity index (χ1v) is 13.3. The zero-order valence-electron chi connectivity index (χ0n) is 19.7. The summed E-state index contributed by atoms with van der Waals surface area (Å²) in [6, 6.07) is 14.3. The van der Waals surface area contributed by atoms with Crippen molar-refractivity contribution in [1.29, 1.82) is 0 Å². The molecule has 0 aromatic heterocycles. The summed E-state index contributed by atoms with van der Waals surface area (Å²) >= 11 is 0. The molecule has 4 amide bonds. The monoisotopic (exact) mass is 498 g/mol. The topological polar surface area (TPSA) is 116 Å². The summed E-state index contributed by atoms with van der Waals surface area (Å²) < 4.78 is 27.7. The van der Waals surface area contributed by atoms with E-state index in [2.05, 4.69) is 10.6 Å². The van der Waals surface area contributed by atoms with Crippen molar-refractivity contribution in [2.24, 2.45) is 0 Å². The quantitative estimate of drug-likeness (QED) is 0.570. The summed E-state index contributed by atoms with van der Waals surface area (Å²) in [5.41, 5.74) is -0.294. The van der Waals surface area contributed by atoms with E-state index in [4.69, 9.17) is 0 Å². The molecule has 0 radical (unpaired) electrons. The van der Waals surface area contributed by atoms with E-state index >= 15 is 0 Å². The van der Waals surface area contributed by atoms with Crippen molar-refractivity contribution in [3.05, 3.63) is 60.2 Å². The van der Waals surface area contributed by atoms with Crippen molar-refractivity contribution >= 4 is 33.6 Å². The predicted molar refractivity (Wildman–Crippen MR) is 131 cm³/mol. The molecule has 2 aliphatic rings. The third-order valence-electron chi connectivity index (χ3n) is 6.59. The van der Waals surface area contributed by atoms with Gasteiger partial charge in [0.2, 0.25) is 15.9 Å². The Morgan fingerprint density at radius 1 is 1.00 bits per heavy atom. The second-order valence-corrected chi connectivity index (χ2v) is 10.8. The van der Waals surface area contributed by atoms with E-state index in [0.29, 0.717) is 25.1 Å². The van der Waals surface area contributed by atoms with Crippen molar-refractivity contribution in [3.63, 3.8) is 0 Å². The highest BCUT2D eigenvalue weighted by atomic mass is 32.2. The van der Waals surface area contributed by atoms with Gasteiger partial charge in [-0.15, -0.1) is 0 Å². The molecule has 4 rings (SSSR count). The van der Waals surface area contributed by atoms with E-state index in [-0.39, 0.29) is 10.6 Å². The molecule has 2 aromatic carbocycles. The second kappa shape index (κ2) is 10.2. The lowest BCUT2D eigenvalue weighted by Gasteiger charge is -2.25. The standard InChI is InChI=1S/C25H30N4O5S/c1-2-25(19-11-6-5-7-12-19)23(31)29(24(32)27-25)18-22(30)26-20-13-10-14-21(17-20)35(33,34)28-15-8-3-4-9-16-28/h5-7,10-14,17H,2-4,8-9,15-16,18H2,1H3,(H,26,30)(H,27,32)/t25-/m0/s1. The molecule has 186 valence electrons. The maximum atomic E-state index is 13.2. The lowest BCUT2D eigenvalue weighted by Crippen LogP contribution is -2.44. The number of carbonyl (C=O) groups excluding carboxylic acids is 3. The molecular formula is C25H30N4O5S. The lowest BCUT2D eigenvalue weighted by molar-refractivity contribution is -0.134. The van der Waals surface area contributed by atoms with Crippen LogP contribution in [0.15, 0.2) is 59.5 Å². The molecule has 2 saturated heterocycles. The summed E-state index contributed by atoms with van der Waals surface area (Å²) in [6.07, 6.45) is 3.99. The van der Waals surface area contributed by atoms with E-state index in [0.717, 1.165) is 30.6 Å². The number of sulfonamides is 1. The van der Waals surface area contributed by atoms with Crippen molar-refractivity contribution in [2.75, 3.05) is 25.0 Å². The van der Waals surface area contributed by atoms with Crippen LogP contribution in [-0.4, -0.2) is 55.1 Å². The zero-order valence-corrected chi connectivity index (χ0v) is 20.5. The normalized spacial score (nSPS) is 21.5. The molecule has 0 bridgehead atoms. The Hall–Kier alpha value is -3.24. The van der Waals surface area contributed by atoms with Crippen LogP contribution in [-0.2, 0) is 25.2 Å². The largest absolute Gasteiger partial charge is 0.325 e. The highest BCUT2D eigenvalue weighted by molar-refractivity contribution is 7.89. The van der Waals surface area contributed by atoms with Crippen LogP contribution < -0.4 is 10.6 Å². The van der Waals surface area contributed by atoms with Gasteiger partial charge in [0.05, 0.1) is 4.90 Å². The lowest BCUT2D eigenvalue weighted by atomic mass is 9.87. The molecular weight excluding hydrogens is 468 g/mol. The first kappa shape index (κ1) is 24.9. The number of benzene rings is 2. The van der Waals surface area contributed by atoms with Crippen molar-refractivity contribution in [3.8, 4) is 0 Å². The molecule has 2 heterocycles.